The van der Waals surface area contributed by atoms with Crippen LogP contribution in [0.5, 0.6) is 5.75 Å². The highest BCUT2D eigenvalue weighted by Gasteiger charge is 2.15. The zero-order chi connectivity index (χ0) is 9.19. The minimum atomic E-state index is -4.10. The Morgan fingerprint density at radius 2 is 1.57 bits per heavy atom. The summed E-state index contributed by atoms with van der Waals surface area (Å²) in [6.07, 6.45) is 0. The molecule has 0 amide bonds. The highest BCUT2D eigenvalue weighted by molar-refractivity contribution is 7.60. The van der Waals surface area contributed by atoms with Crippen LogP contribution < -0.4 is 10.0 Å². The van der Waals surface area contributed by atoms with Crippen molar-refractivity contribution in [2.24, 2.45) is 0 Å². The first-order valence-electron chi connectivity index (χ1n) is 3.24. The Labute approximate surface area is 94.3 Å². The molecule has 0 radical (unpaired) electrons. The molecule has 1 rings (SSSR count). The summed E-state index contributed by atoms with van der Waals surface area (Å²) in [6.45, 7) is 0. The van der Waals surface area contributed by atoms with Crippen LogP contribution in [0, 0.1) is 0 Å². The second-order valence-corrected chi connectivity index (χ2v) is 3.85. The Bertz CT molecular complexity index is 308. The molecule has 7 heteroatoms. The summed E-state index contributed by atoms with van der Waals surface area (Å²) < 4.78 is 15.5. The fraction of sp³-hybridized carbons (Fsp3) is 0.143. The molecule has 0 bridgehead atoms. The van der Waals surface area contributed by atoms with Crippen molar-refractivity contribution in [3.8, 4) is 5.75 Å². The normalized spacial score (nSPS) is 9.64. The fourth-order valence-electron chi connectivity index (χ4n) is 0.776. The zero-order valence-electron chi connectivity index (χ0n) is 7.28. The Balaban J connectivity index is 0. The molecule has 0 spiro atoms. The monoisotopic (exact) mass is 260 g/mol. The standard InChI is InChI=1S/C7H9O4P.2ClH/c1-11-6-2-4-7(5-3-6)12(8,9)10;;/h2-5H,1H3,(H2,8,9,10);2*1H. The summed E-state index contributed by atoms with van der Waals surface area (Å²) in [7, 11) is -2.61. The smallest absolute Gasteiger partial charge is 0.356 e. The third kappa shape index (κ3) is 4.31. The summed E-state index contributed by atoms with van der Waals surface area (Å²) in [4.78, 5) is 17.4. The van der Waals surface area contributed by atoms with E-state index in [2.05, 4.69) is 0 Å². The number of rotatable bonds is 2. The van der Waals surface area contributed by atoms with Crippen molar-refractivity contribution >= 4 is 37.7 Å². The molecule has 1 aromatic rings. The Kier molecular flexibility index (Phi) is 7.26. The van der Waals surface area contributed by atoms with Crippen molar-refractivity contribution in [1.29, 1.82) is 0 Å². The van der Waals surface area contributed by atoms with E-state index in [4.69, 9.17) is 14.5 Å². The van der Waals surface area contributed by atoms with Gasteiger partial charge < -0.3 is 14.5 Å². The highest BCUT2D eigenvalue weighted by Crippen LogP contribution is 2.33. The molecule has 0 saturated carbocycles. The quantitative estimate of drug-likeness (QED) is 0.788. The van der Waals surface area contributed by atoms with Gasteiger partial charge in [0.05, 0.1) is 12.4 Å². The molecule has 0 heterocycles. The zero-order valence-corrected chi connectivity index (χ0v) is 9.81. The number of methoxy groups -OCH3 is 1. The van der Waals surface area contributed by atoms with Crippen LogP contribution in [-0.4, -0.2) is 16.9 Å². The van der Waals surface area contributed by atoms with Gasteiger partial charge in [0.2, 0.25) is 0 Å². The molecule has 82 valence electrons. The molecule has 0 aliphatic carbocycles. The van der Waals surface area contributed by atoms with Gasteiger partial charge in [-0.3, -0.25) is 4.57 Å². The maximum absolute atomic E-state index is 10.7. The molecule has 0 aliphatic rings. The number of ether oxygens (including phenoxy) is 1. The second-order valence-electron chi connectivity index (χ2n) is 2.24. The van der Waals surface area contributed by atoms with Crippen molar-refractivity contribution < 1.29 is 19.1 Å². The van der Waals surface area contributed by atoms with Gasteiger partial charge in [-0.2, -0.15) is 0 Å². The number of hydrogen-bond acceptors (Lipinski definition) is 2. The lowest BCUT2D eigenvalue weighted by Gasteiger charge is -2.04. The molecule has 0 fully saturated rings. The lowest BCUT2D eigenvalue weighted by atomic mass is 10.3. The topological polar surface area (TPSA) is 66.8 Å². The van der Waals surface area contributed by atoms with Gasteiger partial charge >= 0.3 is 7.60 Å². The summed E-state index contributed by atoms with van der Waals surface area (Å²) in [5.74, 6) is 0.576. The molecule has 14 heavy (non-hydrogen) atoms. The molecule has 0 aliphatic heterocycles. The molecule has 0 unspecified atom stereocenters. The number of hydrogen-bond donors (Lipinski definition) is 2. The van der Waals surface area contributed by atoms with Gasteiger partial charge in [0.25, 0.3) is 0 Å². The van der Waals surface area contributed by atoms with Crippen LogP contribution in [0.1, 0.15) is 0 Å². The highest BCUT2D eigenvalue weighted by atomic mass is 35.5. The summed E-state index contributed by atoms with van der Waals surface area (Å²) in [5, 5.41) is 0.00306. The van der Waals surface area contributed by atoms with Gasteiger partial charge in [0.1, 0.15) is 5.75 Å². The van der Waals surface area contributed by atoms with E-state index in [1.54, 1.807) is 0 Å². The van der Waals surface area contributed by atoms with E-state index in [1.165, 1.54) is 31.4 Å². The third-order valence-electron chi connectivity index (χ3n) is 1.41. The predicted octanol–water partition coefficient (Wildman–Crippen LogP) is 1.34. The van der Waals surface area contributed by atoms with E-state index in [0.717, 1.165) is 0 Å². The molecular weight excluding hydrogens is 250 g/mol. The van der Waals surface area contributed by atoms with Gasteiger partial charge in [-0.25, -0.2) is 0 Å². The van der Waals surface area contributed by atoms with E-state index >= 15 is 0 Å². The van der Waals surface area contributed by atoms with Crippen LogP contribution in [-0.2, 0) is 4.57 Å². The Morgan fingerprint density at radius 3 is 1.86 bits per heavy atom. The third-order valence-corrected chi connectivity index (χ3v) is 2.38. The van der Waals surface area contributed by atoms with E-state index in [1.807, 2.05) is 0 Å². The van der Waals surface area contributed by atoms with E-state index in [0.29, 0.717) is 5.75 Å². The van der Waals surface area contributed by atoms with Crippen LogP contribution in [0.15, 0.2) is 24.3 Å². The minimum Gasteiger partial charge on any atom is -0.497 e. The van der Waals surface area contributed by atoms with Crippen molar-refractivity contribution in [3.05, 3.63) is 24.3 Å². The van der Waals surface area contributed by atoms with Crippen molar-refractivity contribution in [1.82, 2.24) is 0 Å². The first-order valence-corrected chi connectivity index (χ1v) is 4.85. The van der Waals surface area contributed by atoms with Crippen LogP contribution in [0.4, 0.5) is 0 Å². The number of benzene rings is 1. The maximum atomic E-state index is 10.7. The largest absolute Gasteiger partial charge is 0.497 e. The summed E-state index contributed by atoms with van der Waals surface area (Å²) >= 11 is 0. The van der Waals surface area contributed by atoms with E-state index in [9.17, 15) is 4.57 Å². The van der Waals surface area contributed by atoms with Crippen LogP contribution in [0.25, 0.3) is 0 Å². The van der Waals surface area contributed by atoms with Gasteiger partial charge in [0, 0.05) is 0 Å². The minimum absolute atomic E-state index is 0. The average Bonchev–Trinajstić information content (AvgIpc) is 2.03. The van der Waals surface area contributed by atoms with Gasteiger partial charge in [-0.1, -0.05) is 0 Å². The second kappa shape index (κ2) is 6.27. The molecule has 0 aromatic heterocycles. The lowest BCUT2D eigenvalue weighted by molar-refractivity contribution is 0.387. The summed E-state index contributed by atoms with van der Waals surface area (Å²) in [5.41, 5.74) is 0. The lowest BCUT2D eigenvalue weighted by Crippen LogP contribution is -2.02. The van der Waals surface area contributed by atoms with E-state index < -0.39 is 7.60 Å². The van der Waals surface area contributed by atoms with E-state index in [-0.39, 0.29) is 30.1 Å². The fourth-order valence-corrected chi connectivity index (χ4v) is 1.31. The van der Waals surface area contributed by atoms with Crippen LogP contribution in [0.2, 0.25) is 0 Å². The maximum Gasteiger partial charge on any atom is 0.356 e. The van der Waals surface area contributed by atoms with Crippen molar-refractivity contribution in [2.75, 3.05) is 7.11 Å². The molecule has 0 saturated heterocycles. The molecule has 1 aromatic carbocycles. The Hall–Kier alpha value is -0.250. The van der Waals surface area contributed by atoms with Crippen molar-refractivity contribution in [2.45, 2.75) is 0 Å². The Morgan fingerprint density at radius 1 is 1.14 bits per heavy atom. The predicted molar refractivity (Wildman–Crippen MR) is 59.2 cm³/mol. The van der Waals surface area contributed by atoms with Crippen molar-refractivity contribution in [3.63, 3.8) is 0 Å². The summed E-state index contributed by atoms with van der Waals surface area (Å²) in [6, 6.07) is 5.71. The first kappa shape index (κ1) is 16.2. The van der Waals surface area contributed by atoms with Gasteiger partial charge in [-0.15, -0.1) is 24.8 Å². The van der Waals surface area contributed by atoms with Crippen LogP contribution >= 0.6 is 32.4 Å². The number of halogens is 2. The van der Waals surface area contributed by atoms with Gasteiger partial charge in [0.15, 0.2) is 0 Å². The van der Waals surface area contributed by atoms with Gasteiger partial charge in [-0.05, 0) is 24.3 Å². The molecule has 4 nitrogen and oxygen atoms in total. The molecular formula is C7H11Cl2O4P. The average molecular weight is 261 g/mol. The molecule has 2 N–H and O–H groups in total. The molecule has 0 atom stereocenters. The SMILES string of the molecule is COc1ccc(P(=O)(O)O)cc1.Cl.Cl. The first-order chi connectivity index (χ1) is 5.54. The van der Waals surface area contributed by atoms with Crippen LogP contribution in [0.3, 0.4) is 0 Å².